The molecule has 1 fully saturated rings. The molecule has 0 radical (unpaired) electrons. The van der Waals surface area contributed by atoms with Crippen LogP contribution in [0.2, 0.25) is 5.02 Å². The number of hydrogen-bond donors (Lipinski definition) is 0. The highest BCUT2D eigenvalue weighted by atomic mass is 35.5. The van der Waals surface area contributed by atoms with E-state index < -0.39 is 0 Å². The highest BCUT2D eigenvalue weighted by Crippen LogP contribution is 2.39. The lowest BCUT2D eigenvalue weighted by Crippen LogP contribution is -2.31. The van der Waals surface area contributed by atoms with E-state index in [0.717, 1.165) is 34.8 Å². The molecular formula is C16H18ClN3OS. The third-order valence-corrected chi connectivity index (χ3v) is 5.54. The van der Waals surface area contributed by atoms with Crippen LogP contribution in [0.5, 0.6) is 0 Å². The number of halogens is 1. The van der Waals surface area contributed by atoms with Gasteiger partial charge in [-0.05, 0) is 31.5 Å². The Morgan fingerprint density at radius 3 is 2.59 bits per heavy atom. The summed E-state index contributed by atoms with van der Waals surface area (Å²) in [5.41, 5.74) is 3.54. The average molecular weight is 336 g/mol. The number of carbonyl (C=O) groups excluding carboxylic acids is 1. The van der Waals surface area contributed by atoms with E-state index in [4.69, 9.17) is 11.6 Å². The fraction of sp³-hybridized carbons (Fsp3) is 0.375. The fourth-order valence-corrected chi connectivity index (χ4v) is 4.19. The first-order chi connectivity index (χ1) is 10.5. The minimum atomic E-state index is 0.0452. The summed E-state index contributed by atoms with van der Waals surface area (Å²) in [6, 6.07) is 7.74. The zero-order chi connectivity index (χ0) is 15.9. The van der Waals surface area contributed by atoms with Crippen LogP contribution in [0, 0.1) is 13.8 Å². The Morgan fingerprint density at radius 1 is 1.32 bits per heavy atom. The van der Waals surface area contributed by atoms with Crippen LogP contribution in [0.25, 0.3) is 0 Å². The van der Waals surface area contributed by atoms with E-state index in [1.54, 1.807) is 16.4 Å². The highest BCUT2D eigenvalue weighted by molar-refractivity contribution is 7.99. The van der Waals surface area contributed by atoms with Gasteiger partial charge in [0.15, 0.2) is 0 Å². The Hall–Kier alpha value is -1.46. The number of amides is 1. The third-order valence-electron chi connectivity index (χ3n) is 4.03. The molecule has 0 bridgehead atoms. The van der Waals surface area contributed by atoms with E-state index in [-0.39, 0.29) is 11.3 Å². The van der Waals surface area contributed by atoms with Crippen molar-refractivity contribution in [3.63, 3.8) is 0 Å². The van der Waals surface area contributed by atoms with Crippen molar-refractivity contribution in [2.45, 2.75) is 19.2 Å². The number of aromatic nitrogens is 2. The second kappa shape index (κ2) is 5.97. The molecule has 1 amide bonds. The van der Waals surface area contributed by atoms with Crippen molar-refractivity contribution in [2.75, 3.05) is 12.3 Å². The molecule has 1 aromatic carbocycles. The molecule has 22 heavy (non-hydrogen) atoms. The molecule has 0 saturated carbocycles. The van der Waals surface area contributed by atoms with Crippen molar-refractivity contribution >= 4 is 29.3 Å². The monoisotopic (exact) mass is 335 g/mol. The first-order valence-corrected chi connectivity index (χ1v) is 8.60. The molecule has 0 N–H and O–H groups in total. The molecule has 116 valence electrons. The van der Waals surface area contributed by atoms with Crippen molar-refractivity contribution in [2.24, 2.45) is 7.05 Å². The third kappa shape index (κ3) is 2.63. The molecule has 1 aliphatic heterocycles. The average Bonchev–Trinajstić information content (AvgIpc) is 3.05. The standard InChI is InChI=1S/C16H18ClN3OS/c1-10-14(11(2)19(3)18-10)15(21)20-8-9-22-16(20)12-4-6-13(17)7-5-12/h4-7,16H,8-9H2,1-3H3. The van der Waals surface area contributed by atoms with Gasteiger partial charge >= 0.3 is 0 Å². The molecule has 0 aliphatic carbocycles. The van der Waals surface area contributed by atoms with E-state index in [2.05, 4.69) is 5.10 Å². The summed E-state index contributed by atoms with van der Waals surface area (Å²) < 4.78 is 1.77. The largest absolute Gasteiger partial charge is 0.322 e. The van der Waals surface area contributed by atoms with Gasteiger partial charge in [0.1, 0.15) is 5.37 Å². The van der Waals surface area contributed by atoms with E-state index in [1.165, 1.54) is 0 Å². The topological polar surface area (TPSA) is 38.1 Å². The van der Waals surface area contributed by atoms with E-state index >= 15 is 0 Å². The molecule has 1 unspecified atom stereocenters. The van der Waals surface area contributed by atoms with Crippen LogP contribution in [0.1, 0.15) is 32.7 Å². The first kappa shape index (κ1) is 15.4. The molecule has 1 atom stereocenters. The number of benzene rings is 1. The summed E-state index contributed by atoms with van der Waals surface area (Å²) in [5, 5.41) is 5.11. The van der Waals surface area contributed by atoms with Gasteiger partial charge in [-0.15, -0.1) is 11.8 Å². The Bertz CT molecular complexity index is 711. The minimum Gasteiger partial charge on any atom is -0.322 e. The number of thioether (sulfide) groups is 1. The van der Waals surface area contributed by atoms with Crippen molar-refractivity contribution < 1.29 is 4.79 Å². The van der Waals surface area contributed by atoms with Gasteiger partial charge in [-0.3, -0.25) is 9.48 Å². The molecule has 0 spiro atoms. The molecule has 2 aromatic rings. The predicted octanol–water partition coefficient (Wildman–Crippen LogP) is 3.58. The van der Waals surface area contributed by atoms with Gasteiger partial charge in [0.25, 0.3) is 5.91 Å². The Kier molecular flexibility index (Phi) is 4.19. The number of hydrogen-bond acceptors (Lipinski definition) is 3. The normalized spacial score (nSPS) is 18.0. The Balaban J connectivity index is 1.92. The van der Waals surface area contributed by atoms with Crippen molar-refractivity contribution in [1.82, 2.24) is 14.7 Å². The molecule has 4 nitrogen and oxygen atoms in total. The van der Waals surface area contributed by atoms with Gasteiger partial charge in [-0.2, -0.15) is 5.10 Å². The van der Waals surface area contributed by atoms with E-state index in [9.17, 15) is 4.79 Å². The Morgan fingerprint density at radius 2 is 2.00 bits per heavy atom. The lowest BCUT2D eigenvalue weighted by Gasteiger charge is -2.24. The summed E-state index contributed by atoms with van der Waals surface area (Å²) in [7, 11) is 1.87. The quantitative estimate of drug-likeness (QED) is 0.842. The van der Waals surface area contributed by atoms with Gasteiger partial charge in [0, 0.05) is 30.1 Å². The van der Waals surface area contributed by atoms with E-state index in [0.29, 0.717) is 5.02 Å². The van der Waals surface area contributed by atoms with Crippen LogP contribution in [-0.2, 0) is 7.05 Å². The molecule has 6 heteroatoms. The van der Waals surface area contributed by atoms with Crippen LogP contribution in [0.3, 0.4) is 0 Å². The molecule has 1 aliphatic rings. The Labute approximate surface area is 139 Å². The van der Waals surface area contributed by atoms with Gasteiger partial charge < -0.3 is 4.90 Å². The number of aryl methyl sites for hydroxylation is 2. The molecular weight excluding hydrogens is 318 g/mol. The number of rotatable bonds is 2. The fourth-order valence-electron chi connectivity index (χ4n) is 2.81. The zero-order valence-electron chi connectivity index (χ0n) is 12.8. The number of nitrogens with zero attached hydrogens (tertiary/aromatic N) is 3. The van der Waals surface area contributed by atoms with Crippen molar-refractivity contribution in [1.29, 1.82) is 0 Å². The second-order valence-corrected chi connectivity index (χ2v) is 7.07. The van der Waals surface area contributed by atoms with Crippen LogP contribution in [0.4, 0.5) is 0 Å². The smallest absolute Gasteiger partial charge is 0.258 e. The van der Waals surface area contributed by atoms with Crippen LogP contribution >= 0.6 is 23.4 Å². The molecule has 3 rings (SSSR count). The summed E-state index contributed by atoms with van der Waals surface area (Å²) in [6.45, 7) is 4.58. The van der Waals surface area contributed by atoms with Crippen LogP contribution < -0.4 is 0 Å². The molecule has 1 aromatic heterocycles. The van der Waals surface area contributed by atoms with Gasteiger partial charge in [-0.25, -0.2) is 0 Å². The second-order valence-electron chi connectivity index (χ2n) is 5.44. The van der Waals surface area contributed by atoms with E-state index in [1.807, 2.05) is 50.1 Å². The number of carbonyl (C=O) groups is 1. The minimum absolute atomic E-state index is 0.0452. The zero-order valence-corrected chi connectivity index (χ0v) is 14.4. The summed E-state index contributed by atoms with van der Waals surface area (Å²) >= 11 is 7.74. The van der Waals surface area contributed by atoms with Gasteiger partial charge in [0.05, 0.1) is 11.3 Å². The SMILES string of the molecule is Cc1nn(C)c(C)c1C(=O)N1CCSC1c1ccc(Cl)cc1. The van der Waals surface area contributed by atoms with Gasteiger partial charge in [0.2, 0.25) is 0 Å². The van der Waals surface area contributed by atoms with Crippen LogP contribution in [-0.4, -0.2) is 32.9 Å². The maximum Gasteiger partial charge on any atom is 0.258 e. The lowest BCUT2D eigenvalue weighted by atomic mass is 10.1. The maximum absolute atomic E-state index is 13.0. The molecule has 2 heterocycles. The lowest BCUT2D eigenvalue weighted by molar-refractivity contribution is 0.0758. The molecule has 1 saturated heterocycles. The predicted molar refractivity (Wildman–Crippen MR) is 90.4 cm³/mol. The first-order valence-electron chi connectivity index (χ1n) is 7.17. The van der Waals surface area contributed by atoms with Crippen molar-refractivity contribution in [3.8, 4) is 0 Å². The maximum atomic E-state index is 13.0. The van der Waals surface area contributed by atoms with Gasteiger partial charge in [-0.1, -0.05) is 23.7 Å². The summed E-state index contributed by atoms with van der Waals surface area (Å²) in [6.07, 6.45) is 0. The summed E-state index contributed by atoms with van der Waals surface area (Å²) in [4.78, 5) is 14.9. The van der Waals surface area contributed by atoms with Crippen molar-refractivity contribution in [3.05, 3.63) is 51.8 Å². The van der Waals surface area contributed by atoms with Crippen LogP contribution in [0.15, 0.2) is 24.3 Å². The highest BCUT2D eigenvalue weighted by Gasteiger charge is 2.33. The summed E-state index contributed by atoms with van der Waals surface area (Å²) in [5.74, 6) is 1.00.